The van der Waals surface area contributed by atoms with Gasteiger partial charge < -0.3 is 19.4 Å². The van der Waals surface area contributed by atoms with Crippen LogP contribution in [0.2, 0.25) is 0 Å². The highest BCUT2D eigenvalue weighted by atomic mass is 19.1. The molecule has 1 fully saturated rings. The summed E-state index contributed by atoms with van der Waals surface area (Å²) < 4.78 is 31.9. The molecule has 86 heavy (non-hydrogen) atoms. The predicted octanol–water partition coefficient (Wildman–Crippen LogP) is 21.7. The summed E-state index contributed by atoms with van der Waals surface area (Å²) >= 11 is 0. The van der Waals surface area contributed by atoms with E-state index in [1.165, 1.54) is 89.2 Å². The van der Waals surface area contributed by atoms with Gasteiger partial charge in [-0.2, -0.15) is 0 Å². The van der Waals surface area contributed by atoms with Crippen LogP contribution in [0.1, 0.15) is 291 Å². The monoisotopic (exact) mass is 1200 g/mol. The number of terminal acetylenes is 1. The number of halogens is 2. The number of anilines is 1. The average molecular weight is 1200 g/mol. The zero-order chi connectivity index (χ0) is 66.8. The molecule has 1 aliphatic rings. The highest BCUT2D eigenvalue weighted by Crippen LogP contribution is 2.27. The van der Waals surface area contributed by atoms with Gasteiger partial charge in [-0.05, 0) is 112 Å². The van der Waals surface area contributed by atoms with Crippen molar-refractivity contribution < 1.29 is 32.7 Å². The molecule has 2 aromatic heterocycles. The second kappa shape index (κ2) is 61.0. The molecule has 2 aromatic carbocycles. The predicted molar refractivity (Wildman–Crippen MR) is 369 cm³/mol. The number of aryl methyl sites for hydroxylation is 4. The number of ether oxygens (including phenoxy) is 1. The van der Waals surface area contributed by atoms with E-state index in [2.05, 4.69) is 102 Å². The lowest BCUT2D eigenvalue weighted by molar-refractivity contribution is -0.122. The van der Waals surface area contributed by atoms with Gasteiger partial charge in [0.25, 0.3) is 5.91 Å². The summed E-state index contributed by atoms with van der Waals surface area (Å²) in [6.07, 6.45) is 31.7. The lowest BCUT2D eigenvalue weighted by Gasteiger charge is -2.14. The van der Waals surface area contributed by atoms with E-state index in [0.29, 0.717) is 42.1 Å². The minimum absolute atomic E-state index is 0.00292. The molecule has 0 radical (unpaired) electrons. The fourth-order valence-electron chi connectivity index (χ4n) is 7.95. The van der Waals surface area contributed by atoms with Gasteiger partial charge in [0.05, 0.1) is 23.8 Å². The first kappa shape index (κ1) is 89.1. The van der Waals surface area contributed by atoms with Gasteiger partial charge in [0.1, 0.15) is 29.5 Å². The molecule has 3 unspecified atom stereocenters. The van der Waals surface area contributed by atoms with Crippen molar-refractivity contribution in [2.45, 2.75) is 279 Å². The first-order valence-electron chi connectivity index (χ1n) is 33.1. The van der Waals surface area contributed by atoms with Gasteiger partial charge in [0.15, 0.2) is 0 Å². The number of hydrogen-bond acceptors (Lipinski definition) is 7. The largest absolute Gasteiger partial charge is 0.501 e. The van der Waals surface area contributed by atoms with Crippen molar-refractivity contribution in [2.24, 2.45) is 24.8 Å². The van der Waals surface area contributed by atoms with E-state index in [0.717, 1.165) is 115 Å². The van der Waals surface area contributed by atoms with Crippen molar-refractivity contribution in [3.8, 4) is 12.3 Å². The molecular weight excluding hydrogens is 1080 g/mol. The van der Waals surface area contributed by atoms with Crippen LogP contribution in [0.25, 0.3) is 16.6 Å². The highest BCUT2D eigenvalue weighted by molar-refractivity contribution is 6.04. The van der Waals surface area contributed by atoms with Crippen LogP contribution in [-0.2, 0) is 26.2 Å². The van der Waals surface area contributed by atoms with E-state index >= 15 is 0 Å². The molecule has 1 aliphatic carbocycles. The standard InChI is InChI=1S/C24H30N4O2.C11H24.C9H18O.C7H6F2.C6H11NO2.C5H10.C4H10.C4H6.2C2H6/c1-7-9-22(30-6)18(8-2)20-14-17(13-16(4)25-20)23(29)27-24-26-19-11-10-15(3)12-21(19)28(24)5;1-5-7-11(4)9-8-10(3)6-2;1-4-6-7-9(10)8(3)5-2;1-5-2-6(8)4-7(9)3-5;1-7-6(9)4-2-3-5-8;1-2-4-5-3-1;2*1-3-4-2;2*1-2/h10-14H,7-9H2,1-6H3,(H,26,27,29);10-11H,5-9H2,1-4H3;8H,4-7H2,1-3H3;2-4H,1H3;5H,2-4H2,1H3,(H,7,9);1-5H2;3-4H2,1-2H3;1H,4H2,2H3;2*1-2H3/b22-18-;;;;;;;;;. The van der Waals surface area contributed by atoms with Crippen molar-refractivity contribution >= 4 is 46.4 Å². The van der Waals surface area contributed by atoms with Crippen LogP contribution < -0.4 is 10.6 Å². The Kier molecular flexibility index (Phi) is 63.1. The third kappa shape index (κ3) is 46.5. The molecule has 4 aromatic rings. The maximum Gasteiger partial charge on any atom is 0.258 e. The topological polar surface area (TPSA) is 132 Å². The normalized spacial score (nSPS) is 11.8. The Hall–Kier alpha value is -5.70. The number of carbonyl (C=O) groups excluding carboxylic acids is 4. The number of pyridine rings is 1. The number of aromatic nitrogens is 3. The molecular formula is C74H127F2N5O5. The van der Waals surface area contributed by atoms with E-state index in [4.69, 9.17) is 11.2 Å². The van der Waals surface area contributed by atoms with Crippen LogP contribution >= 0.6 is 0 Å². The Balaban J connectivity index is -0.000000325. The second-order valence-electron chi connectivity index (χ2n) is 21.4. The average Bonchev–Trinajstić information content (AvgIpc) is 3.57. The second-order valence-corrected chi connectivity index (χ2v) is 21.4. The molecule has 5 rings (SSSR count). The van der Waals surface area contributed by atoms with E-state index in [9.17, 15) is 28.0 Å². The van der Waals surface area contributed by atoms with Crippen LogP contribution in [0.15, 0.2) is 54.3 Å². The van der Waals surface area contributed by atoms with E-state index in [1.807, 2.05) is 85.2 Å². The number of imidazole rings is 1. The minimum Gasteiger partial charge on any atom is -0.501 e. The fourth-order valence-corrected chi connectivity index (χ4v) is 7.95. The lowest BCUT2D eigenvalue weighted by Crippen LogP contribution is -2.16. The van der Waals surface area contributed by atoms with Gasteiger partial charge >= 0.3 is 0 Å². The van der Waals surface area contributed by atoms with Gasteiger partial charge in [0, 0.05) is 75.0 Å². The van der Waals surface area contributed by atoms with Crippen molar-refractivity contribution in [1.82, 2.24) is 19.9 Å². The molecule has 0 bridgehead atoms. The number of aldehydes is 1. The fraction of sp³-hybridized carbons (Fsp3) is 0.649. The van der Waals surface area contributed by atoms with E-state index in [1.54, 1.807) is 27.1 Å². The minimum atomic E-state index is -0.521. The number of rotatable bonds is 23. The van der Waals surface area contributed by atoms with Gasteiger partial charge in [0.2, 0.25) is 11.9 Å². The SMILES string of the molecule is C#CCC.C1CCCC1.CC.CC.CCC/C(OC)=C(\CC)c1cc(C(=O)Nc2nc3ccc(C)cc3n2C)cc(C)n1.CCCC.CCCC(C)CCC(C)CC.CCCCC(=O)C(C)CC.CNC(=O)CCCC=O.Cc1cc(F)cc(F)c1. The molecule has 2 N–H and O–H groups in total. The Morgan fingerprint density at radius 2 is 1.26 bits per heavy atom. The number of hydrogen-bond donors (Lipinski definition) is 2. The lowest BCUT2D eigenvalue weighted by atomic mass is 9.94. The van der Waals surface area contributed by atoms with Crippen LogP contribution in [0.3, 0.4) is 0 Å². The maximum absolute atomic E-state index is 13.1. The van der Waals surface area contributed by atoms with Crippen molar-refractivity contribution in [3.05, 3.63) is 94.0 Å². The molecule has 2 amide bonds. The first-order valence-corrected chi connectivity index (χ1v) is 33.1. The number of nitrogens with zero attached hydrogens (tertiary/aromatic N) is 3. The number of methoxy groups -OCH3 is 1. The summed E-state index contributed by atoms with van der Waals surface area (Å²) in [5, 5.41) is 5.42. The number of allylic oxidation sites excluding steroid dienone is 2. The summed E-state index contributed by atoms with van der Waals surface area (Å²) in [6.45, 7) is 39.6. The number of nitrogens with one attached hydrogen (secondary N) is 2. The number of carbonyl (C=O) groups is 4. The van der Waals surface area contributed by atoms with Gasteiger partial charge in [-0.15, -0.1) is 12.3 Å². The molecule has 3 atom stereocenters. The van der Waals surface area contributed by atoms with Crippen LogP contribution in [0, 0.1) is 62.5 Å². The van der Waals surface area contributed by atoms with Crippen molar-refractivity contribution in [2.75, 3.05) is 19.5 Å². The number of amides is 2. The quantitative estimate of drug-likeness (QED) is 0.0327. The third-order valence-electron chi connectivity index (χ3n) is 13.7. The Morgan fingerprint density at radius 3 is 1.69 bits per heavy atom. The summed E-state index contributed by atoms with van der Waals surface area (Å²) in [7, 11) is 5.18. The number of fused-ring (bicyclic) bond motifs is 1. The smallest absolute Gasteiger partial charge is 0.258 e. The molecule has 492 valence electrons. The third-order valence-corrected chi connectivity index (χ3v) is 13.7. The summed E-state index contributed by atoms with van der Waals surface area (Å²) in [5.41, 5.74) is 6.76. The molecule has 2 heterocycles. The van der Waals surface area contributed by atoms with Gasteiger partial charge in [-0.25, -0.2) is 13.8 Å². The summed E-state index contributed by atoms with van der Waals surface area (Å²) in [5.74, 6) is 5.24. The molecule has 0 aliphatic heterocycles. The highest BCUT2D eigenvalue weighted by Gasteiger charge is 2.17. The number of ketones is 1. The zero-order valence-electron chi connectivity index (χ0n) is 58.9. The van der Waals surface area contributed by atoms with Crippen molar-refractivity contribution in [3.63, 3.8) is 0 Å². The van der Waals surface area contributed by atoms with Crippen molar-refractivity contribution in [1.29, 1.82) is 0 Å². The van der Waals surface area contributed by atoms with Gasteiger partial charge in [-0.3, -0.25) is 24.7 Å². The Labute approximate surface area is 526 Å². The number of unbranched alkanes of at least 4 members (excludes halogenated alkanes) is 3. The van der Waals surface area contributed by atoms with E-state index < -0.39 is 11.6 Å². The summed E-state index contributed by atoms with van der Waals surface area (Å²) in [4.78, 5) is 53.6. The number of benzene rings is 2. The molecule has 1 saturated carbocycles. The zero-order valence-corrected chi connectivity index (χ0v) is 58.9. The van der Waals surface area contributed by atoms with Crippen LogP contribution in [0.5, 0.6) is 0 Å². The molecule has 0 saturated heterocycles. The number of Topliss-reactive ketones (excluding diaryl/α,β-unsaturated/α-hetero) is 1. The maximum atomic E-state index is 13.1. The molecule has 10 nitrogen and oxygen atoms in total. The van der Waals surface area contributed by atoms with Crippen LogP contribution in [0.4, 0.5) is 14.7 Å². The first-order chi connectivity index (χ1) is 41.1. The Morgan fingerprint density at radius 1 is 0.698 bits per heavy atom. The molecule has 0 spiro atoms. The van der Waals surface area contributed by atoms with Crippen LogP contribution in [-0.4, -0.2) is 52.6 Å². The van der Waals surface area contributed by atoms with Gasteiger partial charge in [-0.1, -0.05) is 200 Å². The summed E-state index contributed by atoms with van der Waals surface area (Å²) in [6, 6.07) is 13.1. The Bertz CT molecular complexity index is 2320. The molecule has 12 heteroatoms. The van der Waals surface area contributed by atoms with E-state index in [-0.39, 0.29) is 17.7 Å².